The summed E-state index contributed by atoms with van der Waals surface area (Å²) < 4.78 is 11.0. The lowest BCUT2D eigenvalue weighted by molar-refractivity contribution is -0.144. The maximum Gasteiger partial charge on any atom is 0.283 e. The number of allylic oxidation sites excluding steroid dienone is 2. The molecule has 0 radical (unpaired) electrons. The number of fused-ring (bicyclic) bond motifs is 2. The van der Waals surface area contributed by atoms with E-state index in [0.29, 0.717) is 24.3 Å². The Hall–Kier alpha value is -3.36. The topological polar surface area (TPSA) is 114 Å². The first kappa shape index (κ1) is 18.0. The number of likely N-dealkylation sites (tertiary alicyclic amines) is 1. The van der Waals surface area contributed by atoms with Crippen molar-refractivity contribution < 1.29 is 28.7 Å². The first-order valence-electron chi connectivity index (χ1n) is 9.02. The molecule has 1 aliphatic carbocycles. The van der Waals surface area contributed by atoms with Crippen LogP contribution in [0.1, 0.15) is 12.8 Å². The van der Waals surface area contributed by atoms with Crippen LogP contribution in [0.15, 0.2) is 36.4 Å². The van der Waals surface area contributed by atoms with E-state index in [9.17, 15) is 19.2 Å². The predicted octanol–water partition coefficient (Wildman–Crippen LogP) is -0.0750. The van der Waals surface area contributed by atoms with Crippen LogP contribution in [0.25, 0.3) is 0 Å². The van der Waals surface area contributed by atoms with E-state index >= 15 is 0 Å². The average molecular weight is 385 g/mol. The Kier molecular flexibility index (Phi) is 4.72. The highest BCUT2D eigenvalue weighted by Crippen LogP contribution is 2.34. The zero-order valence-corrected chi connectivity index (χ0v) is 14.9. The van der Waals surface area contributed by atoms with Gasteiger partial charge in [-0.15, -0.1) is 0 Å². The van der Waals surface area contributed by atoms with Crippen molar-refractivity contribution in [3.05, 3.63) is 36.4 Å². The Morgan fingerprint density at radius 2 is 1.64 bits per heavy atom. The van der Waals surface area contributed by atoms with Crippen molar-refractivity contribution in [1.29, 1.82) is 0 Å². The summed E-state index contributed by atoms with van der Waals surface area (Å²) in [7, 11) is 0. The van der Waals surface area contributed by atoms with Crippen LogP contribution in [0.4, 0.5) is 0 Å². The molecule has 2 aliphatic heterocycles. The first-order valence-corrected chi connectivity index (χ1v) is 9.02. The molecular formula is C19H19N3O6. The number of carbonyl (C=O) groups is 4. The van der Waals surface area contributed by atoms with Crippen molar-refractivity contribution >= 4 is 23.6 Å². The number of nitrogens with zero attached hydrogens (tertiary/aromatic N) is 1. The van der Waals surface area contributed by atoms with Gasteiger partial charge in [0.15, 0.2) is 11.5 Å². The number of imide groups is 1. The van der Waals surface area contributed by atoms with Gasteiger partial charge in [-0.25, -0.2) is 0 Å². The lowest BCUT2D eigenvalue weighted by atomic mass is 9.85. The molecule has 1 saturated heterocycles. The molecule has 1 aromatic carbocycles. The number of carbonyl (C=O) groups excluding carboxylic acids is 4. The van der Waals surface area contributed by atoms with Crippen molar-refractivity contribution in [2.24, 2.45) is 11.8 Å². The normalized spacial score (nSPS) is 25.3. The van der Waals surface area contributed by atoms with Gasteiger partial charge in [-0.05, 0) is 25.0 Å². The summed E-state index contributed by atoms with van der Waals surface area (Å²) in [6.45, 7) is -0.437. The number of hydrogen-bond acceptors (Lipinski definition) is 6. The second-order valence-corrected chi connectivity index (χ2v) is 6.82. The minimum Gasteiger partial charge on any atom is -0.485 e. The largest absolute Gasteiger partial charge is 0.485 e. The molecule has 0 bridgehead atoms. The molecule has 0 spiro atoms. The van der Waals surface area contributed by atoms with Gasteiger partial charge in [-0.3, -0.25) is 34.9 Å². The number of amides is 4. The van der Waals surface area contributed by atoms with E-state index < -0.39 is 36.3 Å². The second kappa shape index (κ2) is 7.34. The maximum atomic E-state index is 12.4. The minimum absolute atomic E-state index is 0.00181. The van der Waals surface area contributed by atoms with Gasteiger partial charge in [0.25, 0.3) is 11.8 Å². The van der Waals surface area contributed by atoms with Crippen LogP contribution in [-0.2, 0) is 19.2 Å². The van der Waals surface area contributed by atoms with Crippen molar-refractivity contribution in [3.8, 4) is 11.5 Å². The van der Waals surface area contributed by atoms with Gasteiger partial charge in [0.05, 0.1) is 11.8 Å². The quantitative estimate of drug-likeness (QED) is 0.428. The first-order chi connectivity index (χ1) is 13.5. The van der Waals surface area contributed by atoms with Crippen LogP contribution >= 0.6 is 0 Å². The maximum absolute atomic E-state index is 12.4. The third-order valence-corrected chi connectivity index (χ3v) is 5.03. The number of hydrazine groups is 1. The molecule has 28 heavy (non-hydrogen) atoms. The van der Waals surface area contributed by atoms with Gasteiger partial charge in [0, 0.05) is 0 Å². The molecule has 4 rings (SSSR count). The third-order valence-electron chi connectivity index (χ3n) is 5.03. The van der Waals surface area contributed by atoms with Crippen molar-refractivity contribution in [1.82, 2.24) is 15.8 Å². The summed E-state index contributed by atoms with van der Waals surface area (Å²) >= 11 is 0. The van der Waals surface area contributed by atoms with Crippen LogP contribution in [0, 0.1) is 11.8 Å². The molecule has 9 nitrogen and oxygen atoms in total. The molecule has 4 amide bonds. The number of rotatable bonds is 3. The smallest absolute Gasteiger partial charge is 0.283 e. The van der Waals surface area contributed by atoms with E-state index in [0.717, 1.165) is 4.90 Å². The summed E-state index contributed by atoms with van der Waals surface area (Å²) in [5.41, 5.74) is 4.46. The van der Waals surface area contributed by atoms with E-state index in [-0.39, 0.29) is 18.4 Å². The highest BCUT2D eigenvalue weighted by molar-refractivity contribution is 6.07. The van der Waals surface area contributed by atoms with E-state index in [4.69, 9.17) is 9.47 Å². The molecule has 2 heterocycles. The summed E-state index contributed by atoms with van der Waals surface area (Å²) in [5.74, 6) is -1.77. The van der Waals surface area contributed by atoms with Crippen molar-refractivity contribution in [2.45, 2.75) is 18.9 Å². The molecule has 146 valence electrons. The zero-order chi connectivity index (χ0) is 19.7. The van der Waals surface area contributed by atoms with Crippen LogP contribution in [0.3, 0.4) is 0 Å². The van der Waals surface area contributed by atoms with Crippen molar-refractivity contribution in [3.63, 3.8) is 0 Å². The fraction of sp³-hybridized carbons (Fsp3) is 0.368. The van der Waals surface area contributed by atoms with Crippen LogP contribution in [0.5, 0.6) is 11.5 Å². The average Bonchev–Trinajstić information content (AvgIpc) is 2.97. The number of benzene rings is 1. The van der Waals surface area contributed by atoms with Gasteiger partial charge in [0.1, 0.15) is 13.2 Å². The molecule has 2 N–H and O–H groups in total. The van der Waals surface area contributed by atoms with Crippen LogP contribution < -0.4 is 20.3 Å². The lowest BCUT2D eigenvalue weighted by Crippen LogP contribution is -2.53. The SMILES string of the molecule is O=C(CN1C(=O)C2CC=CCC2C1=O)NNC(=O)C1COc2ccccc2O1. The standard InChI is InChI=1S/C19H19N3O6/c23-16(9-22-18(25)11-5-1-2-6-12(11)19(22)26)20-21-17(24)15-10-27-13-7-3-4-8-14(13)28-15/h1-4,7-8,11-12,15H,5-6,9-10H2,(H,20,23)(H,21,24). The Bertz CT molecular complexity index is 841. The van der Waals surface area contributed by atoms with Gasteiger partial charge >= 0.3 is 0 Å². The zero-order valence-electron chi connectivity index (χ0n) is 14.9. The molecule has 1 fully saturated rings. The molecular weight excluding hydrogens is 366 g/mol. The number of nitrogens with one attached hydrogen (secondary N) is 2. The molecule has 3 aliphatic rings. The van der Waals surface area contributed by atoms with Gasteiger partial charge in [-0.1, -0.05) is 24.3 Å². The number of hydrogen-bond donors (Lipinski definition) is 2. The summed E-state index contributed by atoms with van der Waals surface area (Å²) in [5, 5.41) is 0. The fourth-order valence-corrected chi connectivity index (χ4v) is 3.57. The summed E-state index contributed by atoms with van der Waals surface area (Å²) in [4.78, 5) is 50.0. The Labute approximate surface area is 160 Å². The second-order valence-electron chi connectivity index (χ2n) is 6.82. The number of para-hydroxylation sites is 2. The van der Waals surface area contributed by atoms with Gasteiger partial charge < -0.3 is 9.47 Å². The Morgan fingerprint density at radius 1 is 1.00 bits per heavy atom. The molecule has 9 heteroatoms. The molecule has 3 atom stereocenters. The highest BCUT2D eigenvalue weighted by atomic mass is 16.6. The van der Waals surface area contributed by atoms with E-state index in [1.807, 2.05) is 12.2 Å². The van der Waals surface area contributed by atoms with Crippen LogP contribution in [-0.4, -0.2) is 47.8 Å². The summed E-state index contributed by atoms with van der Waals surface area (Å²) in [6.07, 6.45) is 3.83. The fourth-order valence-electron chi connectivity index (χ4n) is 3.57. The highest BCUT2D eigenvalue weighted by Gasteiger charge is 2.47. The Balaban J connectivity index is 1.29. The minimum atomic E-state index is -0.931. The lowest BCUT2D eigenvalue weighted by Gasteiger charge is -2.25. The van der Waals surface area contributed by atoms with Gasteiger partial charge in [-0.2, -0.15) is 0 Å². The Morgan fingerprint density at radius 3 is 2.32 bits per heavy atom. The van der Waals surface area contributed by atoms with Crippen LogP contribution in [0.2, 0.25) is 0 Å². The molecule has 0 saturated carbocycles. The van der Waals surface area contributed by atoms with E-state index in [2.05, 4.69) is 10.9 Å². The summed E-state index contributed by atoms with van der Waals surface area (Å²) in [6, 6.07) is 6.94. The van der Waals surface area contributed by atoms with Crippen molar-refractivity contribution in [2.75, 3.05) is 13.2 Å². The van der Waals surface area contributed by atoms with Gasteiger partial charge in [0.2, 0.25) is 17.9 Å². The molecule has 0 aromatic heterocycles. The van der Waals surface area contributed by atoms with E-state index in [1.54, 1.807) is 24.3 Å². The monoisotopic (exact) mass is 385 g/mol. The third kappa shape index (κ3) is 3.30. The predicted molar refractivity (Wildman–Crippen MR) is 94.7 cm³/mol. The molecule has 1 aromatic rings. The molecule has 3 unspecified atom stereocenters. The number of ether oxygens (including phenoxy) is 2. The van der Waals surface area contributed by atoms with E-state index in [1.165, 1.54) is 0 Å².